The van der Waals surface area contributed by atoms with Crippen molar-refractivity contribution in [3.05, 3.63) is 65.9 Å². The lowest BCUT2D eigenvalue weighted by molar-refractivity contribution is -0.193. The van der Waals surface area contributed by atoms with Gasteiger partial charge in [-0.05, 0) is 63.3 Å². The lowest BCUT2D eigenvalue weighted by Crippen LogP contribution is -2.28. The fourth-order valence-corrected chi connectivity index (χ4v) is 5.22. The number of rotatable bonds is 4. The van der Waals surface area contributed by atoms with E-state index < -0.39 is 34.3 Å². The molecule has 9 nitrogen and oxygen atoms in total. The summed E-state index contributed by atoms with van der Waals surface area (Å²) < 4.78 is 91.2. The maximum Gasteiger partial charge on any atom is 0.490 e. The highest BCUT2D eigenvalue weighted by atomic mass is 32.2. The van der Waals surface area contributed by atoms with Crippen molar-refractivity contribution < 1.29 is 54.6 Å². The van der Waals surface area contributed by atoms with Crippen LogP contribution in [0.1, 0.15) is 17.5 Å². The number of fused-ring (bicyclic) bond motifs is 1. The van der Waals surface area contributed by atoms with Crippen molar-refractivity contribution >= 4 is 32.9 Å². The topological polar surface area (TPSA) is 120 Å². The van der Waals surface area contributed by atoms with Gasteiger partial charge in [0, 0.05) is 31.2 Å². The maximum absolute atomic E-state index is 13.2. The SMILES string of the molecule is Cc1ccc(S(=O)(=O)n2ccc3c(CN4CCCN(C)CC4)cccc32)cc1.O=C(O)C(F)(F)F.O=C(O)C(F)(F)F. The lowest BCUT2D eigenvalue weighted by atomic mass is 10.1. The molecule has 0 bridgehead atoms. The van der Waals surface area contributed by atoms with Gasteiger partial charge in [0.05, 0.1) is 10.4 Å². The molecule has 2 N–H and O–H groups in total. The molecule has 42 heavy (non-hydrogen) atoms. The first-order valence-corrected chi connectivity index (χ1v) is 13.7. The number of hydrogen-bond donors (Lipinski definition) is 2. The molecule has 4 rings (SSSR count). The zero-order chi connectivity index (χ0) is 31.9. The van der Waals surface area contributed by atoms with E-state index in [0.717, 1.165) is 55.6 Å². The molecular weight excluding hydrogens is 596 g/mol. The monoisotopic (exact) mass is 625 g/mol. The average molecular weight is 626 g/mol. The lowest BCUT2D eigenvalue weighted by Gasteiger charge is -2.20. The Morgan fingerprint density at radius 2 is 1.38 bits per heavy atom. The summed E-state index contributed by atoms with van der Waals surface area (Å²) in [5, 5.41) is 15.3. The van der Waals surface area contributed by atoms with Crippen molar-refractivity contribution in [3.63, 3.8) is 0 Å². The molecule has 1 fully saturated rings. The molecular formula is C26H29F6N3O6S. The Morgan fingerprint density at radius 3 is 1.90 bits per heavy atom. The number of aliphatic carboxylic acids is 2. The van der Waals surface area contributed by atoms with Crippen molar-refractivity contribution in [1.29, 1.82) is 0 Å². The predicted octanol–water partition coefficient (Wildman–Crippen LogP) is 4.59. The first-order chi connectivity index (χ1) is 19.3. The normalized spacial score (nSPS) is 15.1. The highest BCUT2D eigenvalue weighted by Gasteiger charge is 2.38. The number of aromatic nitrogens is 1. The van der Waals surface area contributed by atoms with Crippen LogP contribution in [0.4, 0.5) is 26.3 Å². The molecule has 2 heterocycles. The Hall–Kier alpha value is -3.63. The van der Waals surface area contributed by atoms with E-state index in [2.05, 4.69) is 22.9 Å². The van der Waals surface area contributed by atoms with Gasteiger partial charge in [-0.15, -0.1) is 0 Å². The summed E-state index contributed by atoms with van der Waals surface area (Å²) in [7, 11) is -1.44. The molecule has 2 aromatic carbocycles. The van der Waals surface area contributed by atoms with Crippen molar-refractivity contribution in [3.8, 4) is 0 Å². The summed E-state index contributed by atoms with van der Waals surface area (Å²) in [6.45, 7) is 7.11. The Kier molecular flexibility index (Phi) is 11.5. The van der Waals surface area contributed by atoms with E-state index >= 15 is 0 Å². The Morgan fingerprint density at radius 1 is 0.833 bits per heavy atom. The van der Waals surface area contributed by atoms with Crippen LogP contribution in [0.5, 0.6) is 0 Å². The number of halogens is 6. The highest BCUT2D eigenvalue weighted by Crippen LogP contribution is 2.26. The second-order valence-corrected chi connectivity index (χ2v) is 11.1. The smallest absolute Gasteiger partial charge is 0.475 e. The number of nitrogens with zero attached hydrogens (tertiary/aromatic N) is 3. The predicted molar refractivity (Wildman–Crippen MR) is 140 cm³/mol. The molecule has 0 unspecified atom stereocenters. The van der Waals surface area contributed by atoms with E-state index in [4.69, 9.17) is 19.8 Å². The van der Waals surface area contributed by atoms with E-state index in [1.165, 1.54) is 9.54 Å². The molecule has 16 heteroatoms. The van der Waals surface area contributed by atoms with E-state index in [0.29, 0.717) is 4.90 Å². The molecule has 0 radical (unpaired) electrons. The minimum Gasteiger partial charge on any atom is -0.475 e. The zero-order valence-electron chi connectivity index (χ0n) is 22.5. The summed E-state index contributed by atoms with van der Waals surface area (Å²) in [5.41, 5.74) is 2.96. The van der Waals surface area contributed by atoms with Gasteiger partial charge in [0.25, 0.3) is 10.0 Å². The number of aryl methyl sites for hydroxylation is 1. The fourth-order valence-electron chi connectivity index (χ4n) is 3.88. The number of carbonyl (C=O) groups is 2. The number of likely N-dealkylation sites (N-methyl/N-ethyl adjacent to an activating group) is 1. The van der Waals surface area contributed by atoms with Gasteiger partial charge >= 0.3 is 24.3 Å². The van der Waals surface area contributed by atoms with Crippen LogP contribution in [0.3, 0.4) is 0 Å². The molecule has 0 saturated carbocycles. The molecule has 1 aromatic heterocycles. The van der Waals surface area contributed by atoms with Crippen molar-refractivity contribution in [2.24, 2.45) is 0 Å². The molecule has 1 saturated heterocycles. The number of carboxylic acids is 2. The summed E-state index contributed by atoms with van der Waals surface area (Å²) in [5.74, 6) is -5.51. The highest BCUT2D eigenvalue weighted by molar-refractivity contribution is 7.90. The number of alkyl halides is 6. The van der Waals surface area contributed by atoms with Crippen LogP contribution in [-0.2, 0) is 26.2 Å². The first kappa shape index (κ1) is 34.6. The van der Waals surface area contributed by atoms with Gasteiger partial charge in [-0.1, -0.05) is 29.8 Å². The zero-order valence-corrected chi connectivity index (χ0v) is 23.3. The summed E-state index contributed by atoms with van der Waals surface area (Å²) in [6.07, 6.45) is -7.32. The van der Waals surface area contributed by atoms with Crippen molar-refractivity contribution in [1.82, 2.24) is 13.8 Å². The number of benzene rings is 2. The van der Waals surface area contributed by atoms with Gasteiger partial charge in [-0.25, -0.2) is 22.0 Å². The number of hydrogen-bond acceptors (Lipinski definition) is 6. The molecule has 1 aliphatic rings. The molecule has 0 atom stereocenters. The summed E-state index contributed by atoms with van der Waals surface area (Å²) >= 11 is 0. The third-order valence-electron chi connectivity index (χ3n) is 6.06. The van der Waals surface area contributed by atoms with E-state index in [1.807, 2.05) is 37.3 Å². The van der Waals surface area contributed by atoms with Crippen LogP contribution in [-0.4, -0.2) is 89.9 Å². The Bertz CT molecular complexity index is 1450. The van der Waals surface area contributed by atoms with Crippen molar-refractivity contribution in [2.45, 2.75) is 37.1 Å². The quantitative estimate of drug-likeness (QED) is 0.404. The Balaban J connectivity index is 0.000000367. The first-order valence-electron chi connectivity index (χ1n) is 12.3. The van der Waals surface area contributed by atoms with E-state index in [-0.39, 0.29) is 0 Å². The third-order valence-corrected chi connectivity index (χ3v) is 7.76. The molecule has 1 aliphatic heterocycles. The van der Waals surface area contributed by atoms with Gasteiger partial charge in [0.15, 0.2) is 0 Å². The van der Waals surface area contributed by atoms with E-state index in [1.54, 1.807) is 18.3 Å². The Labute approximate surface area is 237 Å². The van der Waals surface area contributed by atoms with Crippen LogP contribution >= 0.6 is 0 Å². The van der Waals surface area contributed by atoms with Crippen LogP contribution in [0.15, 0.2) is 59.6 Å². The van der Waals surface area contributed by atoms with Gasteiger partial charge in [-0.3, -0.25) is 4.90 Å². The minimum absolute atomic E-state index is 0.316. The largest absolute Gasteiger partial charge is 0.490 e. The molecule has 232 valence electrons. The van der Waals surface area contributed by atoms with Crippen LogP contribution in [0, 0.1) is 6.92 Å². The second-order valence-electron chi connectivity index (χ2n) is 9.32. The number of carboxylic acid groups (broad SMARTS) is 2. The van der Waals surface area contributed by atoms with Crippen LogP contribution in [0.25, 0.3) is 10.9 Å². The molecule has 3 aromatic rings. The van der Waals surface area contributed by atoms with Crippen LogP contribution < -0.4 is 0 Å². The van der Waals surface area contributed by atoms with Gasteiger partial charge in [0.1, 0.15) is 0 Å². The standard InChI is InChI=1S/C22H27N3O2S.2C2HF3O2/c1-18-7-9-20(10-8-18)28(26,27)25-14-11-21-19(5-3-6-22(21)25)17-24-13-4-12-23(2)15-16-24;2*3-2(4,5)1(6)7/h3,5-11,14H,4,12-13,15-17H2,1-2H3;2*(H,6,7). The van der Waals surface area contributed by atoms with Gasteiger partial charge in [-0.2, -0.15) is 26.3 Å². The second kappa shape index (κ2) is 14.0. The summed E-state index contributed by atoms with van der Waals surface area (Å²) in [4.78, 5) is 22.9. The minimum atomic E-state index is -5.08. The summed E-state index contributed by atoms with van der Waals surface area (Å²) in [6, 6.07) is 14.9. The average Bonchev–Trinajstić information content (AvgIpc) is 3.23. The third kappa shape index (κ3) is 9.73. The molecule has 0 amide bonds. The van der Waals surface area contributed by atoms with E-state index in [9.17, 15) is 34.8 Å². The maximum atomic E-state index is 13.2. The van der Waals surface area contributed by atoms with Crippen molar-refractivity contribution in [2.75, 3.05) is 33.2 Å². The van der Waals surface area contributed by atoms with Gasteiger partial charge < -0.3 is 15.1 Å². The van der Waals surface area contributed by atoms with Crippen LogP contribution in [0.2, 0.25) is 0 Å². The van der Waals surface area contributed by atoms with Gasteiger partial charge in [0.2, 0.25) is 0 Å². The molecule has 0 spiro atoms. The molecule has 0 aliphatic carbocycles. The fraction of sp³-hybridized carbons (Fsp3) is 0.385.